The van der Waals surface area contributed by atoms with Crippen LogP contribution in [-0.4, -0.2) is 17.1 Å². The van der Waals surface area contributed by atoms with Gasteiger partial charge >= 0.3 is 0 Å². The van der Waals surface area contributed by atoms with Gasteiger partial charge in [-0.05, 0) is 53.6 Å². The second-order valence-electron chi connectivity index (χ2n) is 7.72. The molecule has 0 N–H and O–H groups in total. The maximum atomic E-state index is 15.2. The number of ether oxygens (including phenoxy) is 1. The van der Waals surface area contributed by atoms with E-state index in [1.807, 2.05) is 42.5 Å². The minimum Gasteiger partial charge on any atom is -0.496 e. The first-order chi connectivity index (χ1) is 16.6. The van der Waals surface area contributed by atoms with Crippen molar-refractivity contribution in [3.8, 4) is 28.1 Å². The first kappa shape index (κ1) is 22.4. The van der Waals surface area contributed by atoms with Crippen molar-refractivity contribution in [1.82, 2.24) is 9.97 Å². The maximum absolute atomic E-state index is 15.2. The summed E-state index contributed by atoms with van der Waals surface area (Å²) in [4.78, 5) is 10.0. The minimum absolute atomic E-state index is 0.375. The maximum Gasteiger partial charge on any atom is 0.131 e. The smallest absolute Gasteiger partial charge is 0.131 e. The zero-order valence-corrected chi connectivity index (χ0v) is 19.9. The summed E-state index contributed by atoms with van der Waals surface area (Å²) in [5.74, 6) is 1.02. The van der Waals surface area contributed by atoms with Crippen LogP contribution in [0.25, 0.3) is 33.3 Å². The standard InChI is InChI=1S/C28H20ClFN2OS/c1-33-27-15-23(19-8-5-9-20(29)12-19)25(30)14-24(27)28-22-11-10-21(13-26(22)31-17-32-28)34-16-18-6-3-2-4-7-18/h2-15,17H,16H2,1H3. The average Bonchev–Trinajstić information content (AvgIpc) is 2.87. The molecule has 3 nitrogen and oxygen atoms in total. The van der Waals surface area contributed by atoms with E-state index >= 15 is 4.39 Å². The lowest BCUT2D eigenvalue weighted by Gasteiger charge is -2.14. The van der Waals surface area contributed by atoms with Gasteiger partial charge in [-0.15, -0.1) is 11.8 Å². The summed E-state index contributed by atoms with van der Waals surface area (Å²) in [6.45, 7) is 0. The van der Waals surface area contributed by atoms with E-state index in [9.17, 15) is 0 Å². The molecule has 34 heavy (non-hydrogen) atoms. The fraction of sp³-hybridized carbons (Fsp3) is 0.0714. The van der Waals surface area contributed by atoms with E-state index in [2.05, 4.69) is 22.1 Å². The molecule has 168 valence electrons. The highest BCUT2D eigenvalue weighted by Gasteiger charge is 2.17. The predicted octanol–water partition coefficient (Wildman–Crippen LogP) is 8.06. The van der Waals surface area contributed by atoms with Crippen molar-refractivity contribution in [2.75, 3.05) is 7.11 Å². The lowest BCUT2D eigenvalue weighted by Crippen LogP contribution is -1.96. The van der Waals surface area contributed by atoms with Gasteiger partial charge in [-0.3, -0.25) is 0 Å². The Kier molecular flexibility index (Phi) is 6.48. The minimum atomic E-state index is -0.375. The van der Waals surface area contributed by atoms with Gasteiger partial charge in [0.2, 0.25) is 0 Å². The van der Waals surface area contributed by atoms with Crippen LogP contribution in [0.1, 0.15) is 5.56 Å². The number of rotatable bonds is 6. The van der Waals surface area contributed by atoms with Crippen molar-refractivity contribution in [2.45, 2.75) is 10.6 Å². The monoisotopic (exact) mass is 486 g/mol. The normalized spacial score (nSPS) is 11.0. The SMILES string of the molecule is COc1cc(-c2cccc(Cl)c2)c(F)cc1-c1ncnc2cc(SCc3ccccc3)ccc12. The van der Waals surface area contributed by atoms with E-state index < -0.39 is 0 Å². The van der Waals surface area contributed by atoms with Crippen molar-refractivity contribution in [3.63, 3.8) is 0 Å². The largest absolute Gasteiger partial charge is 0.496 e. The van der Waals surface area contributed by atoms with E-state index in [0.717, 1.165) is 21.6 Å². The fourth-order valence-corrected chi connectivity index (χ4v) is 4.94. The zero-order valence-electron chi connectivity index (χ0n) is 18.3. The molecule has 0 aliphatic rings. The van der Waals surface area contributed by atoms with Crippen molar-refractivity contribution in [2.24, 2.45) is 0 Å². The average molecular weight is 487 g/mol. The summed E-state index contributed by atoms with van der Waals surface area (Å²) in [5.41, 5.74) is 4.35. The molecule has 0 bridgehead atoms. The molecule has 0 radical (unpaired) electrons. The Hall–Kier alpha value is -3.41. The number of aromatic nitrogens is 2. The van der Waals surface area contributed by atoms with Crippen LogP contribution in [0.5, 0.6) is 5.75 Å². The van der Waals surface area contributed by atoms with Crippen LogP contribution in [0.15, 0.2) is 96.2 Å². The van der Waals surface area contributed by atoms with Crippen LogP contribution in [0.4, 0.5) is 4.39 Å². The summed E-state index contributed by atoms with van der Waals surface area (Å²) in [5, 5.41) is 1.38. The molecule has 5 rings (SSSR count). The third-order valence-electron chi connectivity index (χ3n) is 5.54. The topological polar surface area (TPSA) is 35.0 Å². The number of halogens is 2. The van der Waals surface area contributed by atoms with E-state index in [0.29, 0.717) is 33.2 Å². The van der Waals surface area contributed by atoms with Gasteiger partial charge in [0.25, 0.3) is 0 Å². The van der Waals surface area contributed by atoms with Crippen LogP contribution >= 0.6 is 23.4 Å². The van der Waals surface area contributed by atoms with Gasteiger partial charge in [-0.1, -0.05) is 54.1 Å². The third kappa shape index (κ3) is 4.63. The second-order valence-corrected chi connectivity index (χ2v) is 9.20. The summed E-state index contributed by atoms with van der Waals surface area (Å²) >= 11 is 7.86. The number of thioether (sulfide) groups is 1. The molecule has 0 amide bonds. The highest BCUT2D eigenvalue weighted by Crippen LogP contribution is 2.39. The molecule has 1 heterocycles. The molecule has 0 fully saturated rings. The summed E-state index contributed by atoms with van der Waals surface area (Å²) in [6.07, 6.45) is 1.51. The number of benzene rings is 4. The predicted molar refractivity (Wildman–Crippen MR) is 138 cm³/mol. The quantitative estimate of drug-likeness (QED) is 0.227. The third-order valence-corrected chi connectivity index (χ3v) is 6.84. The van der Waals surface area contributed by atoms with Gasteiger partial charge in [-0.25, -0.2) is 14.4 Å². The Balaban J connectivity index is 1.52. The van der Waals surface area contributed by atoms with Gasteiger partial charge in [0.15, 0.2) is 0 Å². The molecule has 6 heteroatoms. The Morgan fingerprint density at radius 2 is 1.74 bits per heavy atom. The number of hydrogen-bond acceptors (Lipinski definition) is 4. The molecule has 0 atom stereocenters. The van der Waals surface area contributed by atoms with Crippen molar-refractivity contribution >= 4 is 34.3 Å². The van der Waals surface area contributed by atoms with E-state index in [4.69, 9.17) is 16.3 Å². The number of fused-ring (bicyclic) bond motifs is 1. The van der Waals surface area contributed by atoms with E-state index in [-0.39, 0.29) is 5.82 Å². The summed E-state index contributed by atoms with van der Waals surface area (Å²) in [6, 6.07) is 26.7. The molecule has 0 aliphatic carbocycles. The van der Waals surface area contributed by atoms with Crippen molar-refractivity contribution in [1.29, 1.82) is 0 Å². The highest BCUT2D eigenvalue weighted by molar-refractivity contribution is 7.98. The van der Waals surface area contributed by atoms with Gasteiger partial charge in [0, 0.05) is 32.2 Å². The molecule has 0 aliphatic heterocycles. The molecule has 0 saturated carbocycles. The molecule has 0 saturated heterocycles. The van der Waals surface area contributed by atoms with E-state index in [1.165, 1.54) is 18.0 Å². The highest BCUT2D eigenvalue weighted by atomic mass is 35.5. The Morgan fingerprint density at radius 1 is 0.882 bits per heavy atom. The van der Waals surface area contributed by atoms with Crippen LogP contribution < -0.4 is 4.74 Å². The number of hydrogen-bond donors (Lipinski definition) is 0. The first-order valence-electron chi connectivity index (χ1n) is 10.7. The van der Waals surface area contributed by atoms with Gasteiger partial charge < -0.3 is 4.74 Å². The molecular weight excluding hydrogens is 467 g/mol. The summed E-state index contributed by atoms with van der Waals surface area (Å²) < 4.78 is 20.9. The lowest BCUT2D eigenvalue weighted by molar-refractivity contribution is 0.415. The molecule has 1 aromatic heterocycles. The van der Waals surface area contributed by atoms with Crippen LogP contribution in [-0.2, 0) is 5.75 Å². The van der Waals surface area contributed by atoms with Crippen molar-refractivity contribution < 1.29 is 9.13 Å². The molecule has 0 unspecified atom stereocenters. The molecule has 0 spiro atoms. The number of nitrogens with zero attached hydrogens (tertiary/aromatic N) is 2. The van der Waals surface area contributed by atoms with Gasteiger partial charge in [0.1, 0.15) is 17.9 Å². The van der Waals surface area contributed by atoms with Gasteiger partial charge in [-0.2, -0.15) is 0 Å². The van der Waals surface area contributed by atoms with Crippen LogP contribution in [0.2, 0.25) is 5.02 Å². The second kappa shape index (κ2) is 9.84. The first-order valence-corrected chi connectivity index (χ1v) is 12.0. The van der Waals surface area contributed by atoms with Crippen molar-refractivity contribution in [3.05, 3.63) is 108 Å². The molecular formula is C28H20ClFN2OS. The lowest BCUT2D eigenvalue weighted by atomic mass is 9.99. The van der Waals surface area contributed by atoms with E-state index in [1.54, 1.807) is 43.1 Å². The van der Waals surface area contributed by atoms with Gasteiger partial charge in [0.05, 0.1) is 18.3 Å². The zero-order chi connectivity index (χ0) is 23.5. The Bertz CT molecular complexity index is 1480. The number of methoxy groups -OCH3 is 1. The Morgan fingerprint density at radius 3 is 2.53 bits per heavy atom. The molecule has 5 aromatic rings. The van der Waals surface area contributed by atoms with Crippen LogP contribution in [0, 0.1) is 5.82 Å². The summed E-state index contributed by atoms with van der Waals surface area (Å²) in [7, 11) is 1.57. The fourth-order valence-electron chi connectivity index (χ4n) is 3.87. The molecule has 4 aromatic carbocycles. The van der Waals surface area contributed by atoms with Crippen LogP contribution in [0.3, 0.4) is 0 Å². The Labute approximate surface area is 206 Å².